The fourth-order valence-electron chi connectivity index (χ4n) is 2.98. The van der Waals surface area contributed by atoms with Crippen molar-refractivity contribution in [3.63, 3.8) is 0 Å². The van der Waals surface area contributed by atoms with Gasteiger partial charge >= 0.3 is 0 Å². The van der Waals surface area contributed by atoms with Gasteiger partial charge in [-0.3, -0.25) is 0 Å². The van der Waals surface area contributed by atoms with Crippen LogP contribution in [-0.2, 0) is 10.0 Å². The highest BCUT2D eigenvalue weighted by molar-refractivity contribution is 7.89. The zero-order valence-corrected chi connectivity index (χ0v) is 17.5. The number of halogens is 1. The molecule has 0 aliphatic rings. The summed E-state index contributed by atoms with van der Waals surface area (Å²) in [6, 6.07) is 21.3. The van der Waals surface area contributed by atoms with Crippen LogP contribution in [0.1, 0.15) is 12.0 Å². The number of ether oxygens (including phenoxy) is 1. The van der Waals surface area contributed by atoms with Gasteiger partial charge in [0.1, 0.15) is 24.2 Å². The van der Waals surface area contributed by atoms with Crippen LogP contribution in [0.2, 0.25) is 0 Å². The van der Waals surface area contributed by atoms with Crippen LogP contribution in [-0.4, -0.2) is 27.6 Å². The minimum atomic E-state index is -3.74. The third-order valence-corrected chi connectivity index (χ3v) is 6.11. The zero-order valence-electron chi connectivity index (χ0n) is 16.7. The predicted octanol–water partition coefficient (Wildman–Crippen LogP) is 3.44. The molecule has 0 amide bonds. The molecule has 0 unspecified atom stereocenters. The maximum Gasteiger partial charge on any atom is 0.241 e. The second kappa shape index (κ2) is 10.2. The Morgan fingerprint density at radius 3 is 2.48 bits per heavy atom. The van der Waals surface area contributed by atoms with E-state index in [9.17, 15) is 12.8 Å². The summed E-state index contributed by atoms with van der Waals surface area (Å²) in [5.74, 6) is -0.414. The number of benzene rings is 3. The van der Waals surface area contributed by atoms with Crippen molar-refractivity contribution >= 4 is 10.0 Å². The molecule has 0 bridgehead atoms. The molecule has 1 atom stereocenters. The second-order valence-electron chi connectivity index (χ2n) is 6.87. The van der Waals surface area contributed by atoms with Gasteiger partial charge in [-0.05, 0) is 30.2 Å². The summed E-state index contributed by atoms with van der Waals surface area (Å²) in [5.41, 5.74) is 7.36. The third-order valence-electron chi connectivity index (χ3n) is 4.59. The van der Waals surface area contributed by atoms with E-state index in [1.54, 1.807) is 30.3 Å². The molecule has 0 radical (unpaired) electrons. The quantitative estimate of drug-likeness (QED) is 0.531. The molecule has 0 saturated carbocycles. The molecular weight excluding hydrogens is 417 g/mol. The molecule has 8 heteroatoms. The molecule has 31 heavy (non-hydrogen) atoms. The second-order valence-corrected chi connectivity index (χ2v) is 8.61. The van der Waals surface area contributed by atoms with Crippen LogP contribution in [0.5, 0.6) is 5.75 Å². The lowest BCUT2D eigenvalue weighted by Crippen LogP contribution is -2.34. The molecule has 6 nitrogen and oxygen atoms in total. The molecule has 0 saturated heterocycles. The van der Waals surface area contributed by atoms with E-state index in [4.69, 9.17) is 15.7 Å². The number of nitrogens with zero attached hydrogens (tertiary/aromatic N) is 1. The summed E-state index contributed by atoms with van der Waals surface area (Å²) >= 11 is 0. The van der Waals surface area contributed by atoms with Crippen LogP contribution < -0.4 is 15.2 Å². The van der Waals surface area contributed by atoms with Gasteiger partial charge in [0.25, 0.3) is 0 Å². The molecular formula is C23H22FN3O3S. The lowest BCUT2D eigenvalue weighted by molar-refractivity contribution is 0.281. The van der Waals surface area contributed by atoms with Crippen LogP contribution >= 0.6 is 0 Å². The molecule has 0 aliphatic carbocycles. The Hall–Kier alpha value is -3.25. The number of nitriles is 1. The van der Waals surface area contributed by atoms with E-state index >= 15 is 0 Å². The van der Waals surface area contributed by atoms with Crippen molar-refractivity contribution in [1.29, 1.82) is 5.26 Å². The van der Waals surface area contributed by atoms with E-state index in [0.29, 0.717) is 12.0 Å². The van der Waals surface area contributed by atoms with Crippen molar-refractivity contribution in [2.45, 2.75) is 17.4 Å². The van der Waals surface area contributed by atoms with Gasteiger partial charge in [0.2, 0.25) is 10.0 Å². The average molecular weight is 440 g/mol. The maximum absolute atomic E-state index is 13.6. The fourth-order valence-corrected chi connectivity index (χ4v) is 4.25. The first-order valence-corrected chi connectivity index (χ1v) is 11.1. The van der Waals surface area contributed by atoms with Gasteiger partial charge in [-0.25, -0.2) is 17.5 Å². The molecule has 0 aromatic heterocycles. The Labute approximate surface area is 181 Å². The Balaban J connectivity index is 1.57. The number of nitrogens with two attached hydrogens (primary N) is 1. The number of hydrogen-bond donors (Lipinski definition) is 2. The molecule has 3 rings (SSSR count). The van der Waals surface area contributed by atoms with Gasteiger partial charge < -0.3 is 10.5 Å². The van der Waals surface area contributed by atoms with Crippen molar-refractivity contribution < 1.29 is 17.5 Å². The van der Waals surface area contributed by atoms with Crippen LogP contribution in [0, 0.1) is 17.1 Å². The van der Waals surface area contributed by atoms with Gasteiger partial charge in [0, 0.05) is 24.2 Å². The maximum atomic E-state index is 13.6. The standard InChI is InChI=1S/C23H22FN3O3S/c24-22-14-20(11-10-18(22)15-25)30-16-19(26)12-13-27-31(28,29)23-9-5-4-8-21(23)17-6-2-1-3-7-17/h1-11,14,19,27H,12-13,16,26H2/t19-/m0/s1. The lowest BCUT2D eigenvalue weighted by atomic mass is 10.1. The summed E-state index contributed by atoms with van der Waals surface area (Å²) < 4.78 is 47.3. The monoisotopic (exact) mass is 439 g/mol. The number of rotatable bonds is 9. The van der Waals surface area contributed by atoms with Crippen LogP contribution in [0.3, 0.4) is 0 Å². The van der Waals surface area contributed by atoms with Gasteiger partial charge in [-0.2, -0.15) is 5.26 Å². The highest BCUT2D eigenvalue weighted by atomic mass is 32.2. The SMILES string of the molecule is N#Cc1ccc(OC[C@@H](N)CCNS(=O)(=O)c2ccccc2-c2ccccc2)cc1F. The number of hydrogen-bond acceptors (Lipinski definition) is 5. The van der Waals surface area contributed by atoms with Crippen molar-refractivity contribution in [2.24, 2.45) is 5.73 Å². The Morgan fingerprint density at radius 2 is 1.77 bits per heavy atom. The molecule has 3 N–H and O–H groups in total. The normalized spacial score (nSPS) is 12.2. The van der Waals surface area contributed by atoms with Crippen molar-refractivity contribution in [3.8, 4) is 22.9 Å². The van der Waals surface area contributed by atoms with E-state index < -0.39 is 21.9 Å². The van der Waals surface area contributed by atoms with E-state index in [1.165, 1.54) is 12.1 Å². The Bertz CT molecular complexity index is 1180. The van der Waals surface area contributed by atoms with E-state index in [1.807, 2.05) is 30.3 Å². The van der Waals surface area contributed by atoms with E-state index in [2.05, 4.69) is 4.72 Å². The molecule has 3 aromatic carbocycles. The first-order chi connectivity index (χ1) is 14.9. The Morgan fingerprint density at radius 1 is 1.06 bits per heavy atom. The minimum absolute atomic E-state index is 0.0677. The van der Waals surface area contributed by atoms with E-state index in [0.717, 1.165) is 11.6 Å². The summed E-state index contributed by atoms with van der Waals surface area (Å²) in [6.45, 7) is 0.200. The summed E-state index contributed by atoms with van der Waals surface area (Å²) in [7, 11) is -3.74. The number of nitrogens with one attached hydrogen (secondary N) is 1. The topological polar surface area (TPSA) is 105 Å². The van der Waals surface area contributed by atoms with Crippen LogP contribution in [0.4, 0.5) is 4.39 Å². The van der Waals surface area contributed by atoms with Crippen molar-refractivity contribution in [2.75, 3.05) is 13.2 Å². The molecule has 3 aromatic rings. The van der Waals surface area contributed by atoms with Crippen LogP contribution in [0.25, 0.3) is 11.1 Å². The largest absolute Gasteiger partial charge is 0.492 e. The Kier molecular flexibility index (Phi) is 7.36. The molecule has 0 spiro atoms. The first-order valence-electron chi connectivity index (χ1n) is 9.63. The molecule has 0 fully saturated rings. The van der Waals surface area contributed by atoms with Gasteiger partial charge in [-0.1, -0.05) is 48.5 Å². The predicted molar refractivity (Wildman–Crippen MR) is 116 cm³/mol. The zero-order chi connectivity index (χ0) is 22.3. The van der Waals surface area contributed by atoms with Gasteiger partial charge in [0.05, 0.1) is 10.5 Å². The molecule has 160 valence electrons. The summed E-state index contributed by atoms with van der Waals surface area (Å²) in [4.78, 5) is 0.194. The van der Waals surface area contributed by atoms with Gasteiger partial charge in [0.15, 0.2) is 0 Å². The lowest BCUT2D eigenvalue weighted by Gasteiger charge is -2.15. The van der Waals surface area contributed by atoms with Crippen molar-refractivity contribution in [3.05, 3.63) is 84.2 Å². The highest BCUT2D eigenvalue weighted by Gasteiger charge is 2.19. The fraction of sp³-hybridized carbons (Fsp3) is 0.174. The van der Waals surface area contributed by atoms with Crippen LogP contribution in [0.15, 0.2) is 77.7 Å². The first kappa shape index (κ1) is 22.4. The average Bonchev–Trinajstić information content (AvgIpc) is 2.78. The summed E-state index contributed by atoms with van der Waals surface area (Å²) in [6.07, 6.45) is 0.325. The highest BCUT2D eigenvalue weighted by Crippen LogP contribution is 2.26. The molecule has 0 heterocycles. The van der Waals surface area contributed by atoms with Gasteiger partial charge in [-0.15, -0.1) is 0 Å². The minimum Gasteiger partial charge on any atom is -0.492 e. The molecule has 0 aliphatic heterocycles. The smallest absolute Gasteiger partial charge is 0.241 e. The summed E-state index contributed by atoms with van der Waals surface area (Å²) in [5, 5.41) is 8.75. The number of sulfonamides is 1. The third kappa shape index (κ3) is 5.89. The van der Waals surface area contributed by atoms with Crippen molar-refractivity contribution in [1.82, 2.24) is 4.72 Å². The van der Waals surface area contributed by atoms with E-state index in [-0.39, 0.29) is 29.4 Å².